The maximum absolute atomic E-state index is 12.5. The highest BCUT2D eigenvalue weighted by Gasteiger charge is 2.24. The molecule has 1 unspecified atom stereocenters. The van der Waals surface area contributed by atoms with E-state index >= 15 is 0 Å². The highest BCUT2D eigenvalue weighted by atomic mass is 35.5. The smallest absolute Gasteiger partial charge is 0.318 e. The molecular formula is C20H24ClN5O2. The SMILES string of the molecule is CC(NC(=O)N1CCN(c2ccccn2)CC1)C(=O)NCc1ccccc1Cl. The van der Waals surface area contributed by atoms with Gasteiger partial charge in [-0.15, -0.1) is 0 Å². The first-order valence-electron chi connectivity index (χ1n) is 9.27. The average Bonchev–Trinajstić information content (AvgIpc) is 2.73. The van der Waals surface area contributed by atoms with Crippen LogP contribution in [0.25, 0.3) is 0 Å². The number of rotatable bonds is 5. The lowest BCUT2D eigenvalue weighted by atomic mass is 10.2. The molecule has 0 radical (unpaired) electrons. The summed E-state index contributed by atoms with van der Waals surface area (Å²) in [6, 6.07) is 12.3. The second-order valence-electron chi connectivity index (χ2n) is 6.64. The van der Waals surface area contributed by atoms with Crippen molar-refractivity contribution in [3.63, 3.8) is 0 Å². The fourth-order valence-electron chi connectivity index (χ4n) is 3.00. The molecule has 1 aromatic heterocycles. The van der Waals surface area contributed by atoms with Gasteiger partial charge in [0.1, 0.15) is 11.9 Å². The van der Waals surface area contributed by atoms with Gasteiger partial charge in [-0.1, -0.05) is 35.9 Å². The number of nitrogens with one attached hydrogen (secondary N) is 2. The lowest BCUT2D eigenvalue weighted by Gasteiger charge is -2.35. The number of pyridine rings is 1. The second-order valence-corrected chi connectivity index (χ2v) is 7.05. The zero-order chi connectivity index (χ0) is 19.9. The van der Waals surface area contributed by atoms with Gasteiger partial charge >= 0.3 is 6.03 Å². The number of benzene rings is 1. The number of hydrogen-bond donors (Lipinski definition) is 2. The molecule has 2 aromatic rings. The summed E-state index contributed by atoms with van der Waals surface area (Å²) in [6.45, 7) is 4.56. The number of nitrogens with zero attached hydrogens (tertiary/aromatic N) is 3. The minimum atomic E-state index is -0.635. The summed E-state index contributed by atoms with van der Waals surface area (Å²) >= 11 is 6.09. The molecule has 0 spiro atoms. The van der Waals surface area contributed by atoms with Crippen molar-refractivity contribution in [2.45, 2.75) is 19.5 Å². The van der Waals surface area contributed by atoms with Gasteiger partial charge in [0.2, 0.25) is 5.91 Å². The van der Waals surface area contributed by atoms with Crippen molar-refractivity contribution in [1.29, 1.82) is 0 Å². The molecule has 2 heterocycles. The summed E-state index contributed by atoms with van der Waals surface area (Å²) in [5, 5.41) is 6.17. The van der Waals surface area contributed by atoms with Crippen LogP contribution in [0.1, 0.15) is 12.5 Å². The van der Waals surface area contributed by atoms with Gasteiger partial charge in [-0.3, -0.25) is 4.79 Å². The summed E-state index contributed by atoms with van der Waals surface area (Å²) in [6.07, 6.45) is 1.76. The zero-order valence-electron chi connectivity index (χ0n) is 15.8. The van der Waals surface area contributed by atoms with E-state index in [0.717, 1.165) is 11.4 Å². The van der Waals surface area contributed by atoms with E-state index < -0.39 is 6.04 Å². The van der Waals surface area contributed by atoms with Crippen LogP contribution < -0.4 is 15.5 Å². The summed E-state index contributed by atoms with van der Waals surface area (Å²) in [7, 11) is 0. The first-order valence-corrected chi connectivity index (χ1v) is 9.65. The van der Waals surface area contributed by atoms with Crippen molar-refractivity contribution in [2.24, 2.45) is 0 Å². The fraction of sp³-hybridized carbons (Fsp3) is 0.350. The van der Waals surface area contributed by atoms with Gasteiger partial charge in [-0.25, -0.2) is 9.78 Å². The minimum absolute atomic E-state index is 0.235. The van der Waals surface area contributed by atoms with Crippen molar-refractivity contribution in [3.8, 4) is 0 Å². The molecule has 1 aliphatic heterocycles. The molecule has 0 aliphatic carbocycles. The minimum Gasteiger partial charge on any atom is -0.353 e. The largest absolute Gasteiger partial charge is 0.353 e. The maximum atomic E-state index is 12.5. The van der Waals surface area contributed by atoms with E-state index in [-0.39, 0.29) is 11.9 Å². The lowest BCUT2D eigenvalue weighted by molar-refractivity contribution is -0.122. The highest BCUT2D eigenvalue weighted by molar-refractivity contribution is 6.31. The Hall–Kier alpha value is -2.80. The monoisotopic (exact) mass is 401 g/mol. The van der Waals surface area contributed by atoms with E-state index in [1.807, 2.05) is 36.4 Å². The molecule has 2 N–H and O–H groups in total. The van der Waals surface area contributed by atoms with Crippen LogP contribution in [-0.2, 0) is 11.3 Å². The molecule has 0 saturated carbocycles. The van der Waals surface area contributed by atoms with E-state index in [2.05, 4.69) is 20.5 Å². The van der Waals surface area contributed by atoms with Crippen LogP contribution in [0.3, 0.4) is 0 Å². The molecule has 3 rings (SSSR count). The topological polar surface area (TPSA) is 77.6 Å². The van der Waals surface area contributed by atoms with Gasteiger partial charge < -0.3 is 20.4 Å². The Bertz CT molecular complexity index is 809. The van der Waals surface area contributed by atoms with E-state index in [4.69, 9.17) is 11.6 Å². The van der Waals surface area contributed by atoms with Crippen molar-refractivity contribution in [3.05, 3.63) is 59.2 Å². The van der Waals surface area contributed by atoms with Gasteiger partial charge in [0.05, 0.1) is 0 Å². The van der Waals surface area contributed by atoms with Gasteiger partial charge in [-0.2, -0.15) is 0 Å². The number of amides is 3. The lowest BCUT2D eigenvalue weighted by Crippen LogP contribution is -2.55. The van der Waals surface area contributed by atoms with Crippen LogP contribution in [0.15, 0.2) is 48.7 Å². The molecule has 8 heteroatoms. The Balaban J connectivity index is 1.44. The second kappa shape index (κ2) is 9.41. The van der Waals surface area contributed by atoms with Gasteiger partial charge in [0, 0.05) is 43.9 Å². The number of carbonyl (C=O) groups is 2. The summed E-state index contributed by atoms with van der Waals surface area (Å²) < 4.78 is 0. The molecule has 1 atom stereocenters. The van der Waals surface area contributed by atoms with Crippen molar-refractivity contribution < 1.29 is 9.59 Å². The Morgan fingerprint density at radius 1 is 1.11 bits per heavy atom. The van der Waals surface area contributed by atoms with Crippen molar-refractivity contribution >= 4 is 29.4 Å². The Kier molecular flexibility index (Phi) is 6.71. The third-order valence-electron chi connectivity index (χ3n) is 4.68. The normalized spacial score (nSPS) is 15.1. The molecule has 3 amide bonds. The predicted molar refractivity (Wildman–Crippen MR) is 109 cm³/mol. The zero-order valence-corrected chi connectivity index (χ0v) is 16.5. The highest BCUT2D eigenvalue weighted by Crippen LogP contribution is 2.14. The van der Waals surface area contributed by atoms with Crippen LogP contribution in [0.2, 0.25) is 5.02 Å². The first kappa shape index (κ1) is 19.9. The van der Waals surface area contributed by atoms with E-state index in [9.17, 15) is 9.59 Å². The van der Waals surface area contributed by atoms with Crippen LogP contribution in [0.5, 0.6) is 0 Å². The van der Waals surface area contributed by atoms with Gasteiger partial charge in [0.15, 0.2) is 0 Å². The molecule has 1 saturated heterocycles. The Labute approximate surface area is 169 Å². The van der Waals surface area contributed by atoms with Crippen molar-refractivity contribution in [1.82, 2.24) is 20.5 Å². The third kappa shape index (κ3) is 5.13. The summed E-state index contributed by atoms with van der Waals surface area (Å²) in [5.41, 5.74) is 0.835. The van der Waals surface area contributed by atoms with E-state index in [1.165, 1.54) is 0 Å². The Morgan fingerprint density at radius 2 is 1.82 bits per heavy atom. The third-order valence-corrected chi connectivity index (χ3v) is 5.05. The number of urea groups is 1. The number of halogens is 1. The number of hydrogen-bond acceptors (Lipinski definition) is 4. The summed E-state index contributed by atoms with van der Waals surface area (Å²) in [4.78, 5) is 32.9. The molecule has 1 aromatic carbocycles. The summed E-state index contributed by atoms with van der Waals surface area (Å²) in [5.74, 6) is 0.662. The molecular weight excluding hydrogens is 378 g/mol. The molecule has 1 fully saturated rings. The van der Waals surface area contributed by atoms with Crippen LogP contribution in [0.4, 0.5) is 10.6 Å². The van der Waals surface area contributed by atoms with Crippen LogP contribution in [-0.4, -0.2) is 54.0 Å². The standard InChI is InChI=1S/C20H24ClN5O2/c1-15(19(27)23-14-16-6-2-3-7-17(16)21)24-20(28)26-12-10-25(11-13-26)18-8-4-5-9-22-18/h2-9,15H,10-14H2,1H3,(H,23,27)(H,24,28). The number of aromatic nitrogens is 1. The number of carbonyl (C=O) groups excluding carboxylic acids is 2. The van der Waals surface area contributed by atoms with E-state index in [1.54, 1.807) is 24.1 Å². The van der Waals surface area contributed by atoms with Crippen LogP contribution >= 0.6 is 11.6 Å². The van der Waals surface area contributed by atoms with Gasteiger partial charge in [-0.05, 0) is 30.7 Å². The first-order chi connectivity index (χ1) is 13.5. The molecule has 7 nitrogen and oxygen atoms in total. The molecule has 1 aliphatic rings. The van der Waals surface area contributed by atoms with Crippen LogP contribution in [0, 0.1) is 0 Å². The number of piperazine rings is 1. The molecule has 148 valence electrons. The Morgan fingerprint density at radius 3 is 2.50 bits per heavy atom. The average molecular weight is 402 g/mol. The fourth-order valence-corrected chi connectivity index (χ4v) is 3.20. The van der Waals surface area contributed by atoms with Crippen molar-refractivity contribution in [2.75, 3.05) is 31.1 Å². The van der Waals surface area contributed by atoms with E-state index in [0.29, 0.717) is 37.7 Å². The molecule has 28 heavy (non-hydrogen) atoms. The predicted octanol–water partition coefficient (Wildman–Crippen LogP) is 2.27. The van der Waals surface area contributed by atoms with Gasteiger partial charge in [0.25, 0.3) is 0 Å². The quantitative estimate of drug-likeness (QED) is 0.805. The number of anilines is 1. The molecule has 0 bridgehead atoms. The maximum Gasteiger partial charge on any atom is 0.318 e.